The van der Waals surface area contributed by atoms with E-state index in [-0.39, 0.29) is 0 Å². The molecule has 0 radical (unpaired) electrons. The van der Waals surface area contributed by atoms with Crippen molar-refractivity contribution < 1.29 is 4.74 Å². The van der Waals surface area contributed by atoms with Crippen LogP contribution in [0.4, 0.5) is 0 Å². The minimum atomic E-state index is 0.862. The van der Waals surface area contributed by atoms with Crippen molar-refractivity contribution in [2.75, 3.05) is 6.61 Å². The maximum Gasteiger partial charge on any atom is 0.125 e. The molecule has 0 fully saturated rings. The van der Waals surface area contributed by atoms with Gasteiger partial charge in [0.15, 0.2) is 0 Å². The van der Waals surface area contributed by atoms with Crippen molar-refractivity contribution in [2.24, 2.45) is 0 Å². The lowest BCUT2D eigenvalue weighted by atomic mass is 10.1. The molecule has 64 valence electrons. The first-order chi connectivity index (χ1) is 5.81. The monoisotopic (exact) mass is 274 g/mol. The fraction of sp³-hybridized carbons (Fsp3) is 0.400. The highest BCUT2D eigenvalue weighted by Gasteiger charge is 2.14. The summed E-state index contributed by atoms with van der Waals surface area (Å²) in [4.78, 5) is 0. The number of halogens is 1. The molecule has 2 heteroatoms. The number of rotatable bonds is 1. The van der Waals surface area contributed by atoms with Crippen LogP contribution in [0.5, 0.6) is 5.75 Å². The lowest BCUT2D eigenvalue weighted by Crippen LogP contribution is -1.88. The third kappa shape index (κ3) is 1.32. The molecule has 0 saturated heterocycles. The SMILES string of the molecule is Cc1cc(CI)cc2c1OCC2. The van der Waals surface area contributed by atoms with Gasteiger partial charge in [-0.1, -0.05) is 34.7 Å². The molecule has 1 aromatic rings. The number of fused-ring (bicyclic) bond motifs is 1. The summed E-state index contributed by atoms with van der Waals surface area (Å²) in [6.07, 6.45) is 1.08. The van der Waals surface area contributed by atoms with Gasteiger partial charge in [-0.05, 0) is 23.6 Å². The van der Waals surface area contributed by atoms with Gasteiger partial charge in [0.1, 0.15) is 5.75 Å². The summed E-state index contributed by atoms with van der Waals surface area (Å²) in [6.45, 7) is 2.99. The molecule has 1 aliphatic heterocycles. The Morgan fingerprint density at radius 2 is 2.33 bits per heavy atom. The van der Waals surface area contributed by atoms with E-state index in [2.05, 4.69) is 41.6 Å². The summed E-state index contributed by atoms with van der Waals surface area (Å²) in [6, 6.07) is 4.48. The maximum atomic E-state index is 5.53. The predicted molar refractivity (Wildman–Crippen MR) is 58.1 cm³/mol. The molecule has 0 spiro atoms. The van der Waals surface area contributed by atoms with Gasteiger partial charge in [-0.25, -0.2) is 0 Å². The zero-order valence-electron chi connectivity index (χ0n) is 7.06. The van der Waals surface area contributed by atoms with Gasteiger partial charge in [-0.3, -0.25) is 0 Å². The first-order valence-corrected chi connectivity index (χ1v) is 5.65. The summed E-state index contributed by atoms with van der Waals surface area (Å²) in [5, 5.41) is 0. The Morgan fingerprint density at radius 1 is 1.50 bits per heavy atom. The lowest BCUT2D eigenvalue weighted by molar-refractivity contribution is 0.354. The molecule has 0 amide bonds. The largest absolute Gasteiger partial charge is 0.493 e. The van der Waals surface area contributed by atoms with Crippen LogP contribution in [-0.4, -0.2) is 6.61 Å². The first kappa shape index (κ1) is 8.35. The Morgan fingerprint density at radius 3 is 3.08 bits per heavy atom. The molecule has 0 unspecified atom stereocenters. The minimum absolute atomic E-state index is 0.862. The van der Waals surface area contributed by atoms with Crippen LogP contribution < -0.4 is 4.74 Å². The van der Waals surface area contributed by atoms with Gasteiger partial charge in [-0.15, -0.1) is 0 Å². The molecular weight excluding hydrogens is 263 g/mol. The molecule has 1 aromatic carbocycles. The van der Waals surface area contributed by atoms with E-state index in [0.717, 1.165) is 23.2 Å². The molecule has 1 heterocycles. The highest BCUT2D eigenvalue weighted by molar-refractivity contribution is 14.1. The van der Waals surface area contributed by atoms with Gasteiger partial charge < -0.3 is 4.74 Å². The van der Waals surface area contributed by atoms with Gasteiger partial charge in [0.05, 0.1) is 6.61 Å². The summed E-state index contributed by atoms with van der Waals surface area (Å²) in [5.74, 6) is 1.13. The Kier molecular flexibility index (Phi) is 2.26. The van der Waals surface area contributed by atoms with Crippen molar-refractivity contribution >= 4 is 22.6 Å². The Hall–Kier alpha value is -0.250. The zero-order valence-corrected chi connectivity index (χ0v) is 9.22. The topological polar surface area (TPSA) is 9.23 Å². The lowest BCUT2D eigenvalue weighted by Gasteiger charge is -2.05. The molecule has 0 atom stereocenters. The number of hydrogen-bond donors (Lipinski definition) is 0. The molecule has 1 aliphatic rings. The van der Waals surface area contributed by atoms with Gasteiger partial charge in [0.25, 0.3) is 0 Å². The zero-order chi connectivity index (χ0) is 8.55. The fourth-order valence-electron chi connectivity index (χ4n) is 1.66. The third-order valence-electron chi connectivity index (χ3n) is 2.18. The average molecular weight is 274 g/mol. The molecule has 0 saturated carbocycles. The van der Waals surface area contributed by atoms with Gasteiger partial charge >= 0.3 is 0 Å². The summed E-state index contributed by atoms with van der Waals surface area (Å²) >= 11 is 2.39. The number of ether oxygens (including phenoxy) is 1. The number of benzene rings is 1. The molecule has 0 bridgehead atoms. The summed E-state index contributed by atoms with van der Waals surface area (Å²) in [5.41, 5.74) is 4.09. The van der Waals surface area contributed by atoms with Gasteiger partial charge in [0.2, 0.25) is 0 Å². The molecule has 0 aromatic heterocycles. The molecule has 0 aliphatic carbocycles. The van der Waals surface area contributed by atoms with Crippen molar-refractivity contribution in [3.63, 3.8) is 0 Å². The first-order valence-electron chi connectivity index (χ1n) is 4.12. The van der Waals surface area contributed by atoms with E-state index in [1.165, 1.54) is 16.7 Å². The smallest absolute Gasteiger partial charge is 0.125 e. The average Bonchev–Trinajstić information content (AvgIpc) is 2.52. The Balaban J connectivity index is 2.51. The van der Waals surface area contributed by atoms with Gasteiger partial charge in [0, 0.05) is 10.8 Å². The highest BCUT2D eigenvalue weighted by atomic mass is 127. The third-order valence-corrected chi connectivity index (χ3v) is 3.06. The highest BCUT2D eigenvalue weighted by Crippen LogP contribution is 2.30. The van der Waals surface area contributed by atoms with Crippen LogP contribution in [-0.2, 0) is 10.8 Å². The maximum absolute atomic E-state index is 5.53. The van der Waals surface area contributed by atoms with Crippen LogP contribution in [0.15, 0.2) is 12.1 Å². The molecular formula is C10H11IO. The van der Waals surface area contributed by atoms with Crippen LogP contribution in [0.1, 0.15) is 16.7 Å². The van der Waals surface area contributed by atoms with E-state index >= 15 is 0 Å². The fourth-order valence-corrected chi connectivity index (χ4v) is 2.10. The molecule has 1 nitrogen and oxygen atoms in total. The van der Waals surface area contributed by atoms with E-state index in [0.29, 0.717) is 0 Å². The normalized spacial score (nSPS) is 14.2. The second-order valence-corrected chi connectivity index (χ2v) is 3.90. The Labute approximate surface area is 86.3 Å². The van der Waals surface area contributed by atoms with Crippen LogP contribution >= 0.6 is 22.6 Å². The van der Waals surface area contributed by atoms with Crippen LogP contribution in [0, 0.1) is 6.92 Å². The van der Waals surface area contributed by atoms with Crippen LogP contribution in [0.2, 0.25) is 0 Å². The van der Waals surface area contributed by atoms with Crippen molar-refractivity contribution in [3.05, 3.63) is 28.8 Å². The van der Waals surface area contributed by atoms with Crippen LogP contribution in [0.25, 0.3) is 0 Å². The van der Waals surface area contributed by atoms with E-state index in [9.17, 15) is 0 Å². The van der Waals surface area contributed by atoms with E-state index in [1.807, 2.05) is 0 Å². The van der Waals surface area contributed by atoms with Crippen molar-refractivity contribution in [1.82, 2.24) is 0 Å². The van der Waals surface area contributed by atoms with E-state index in [1.54, 1.807) is 0 Å². The number of alkyl halides is 1. The molecule has 0 N–H and O–H groups in total. The second kappa shape index (κ2) is 3.24. The molecule has 12 heavy (non-hydrogen) atoms. The van der Waals surface area contributed by atoms with Gasteiger partial charge in [-0.2, -0.15) is 0 Å². The van der Waals surface area contributed by atoms with E-state index < -0.39 is 0 Å². The van der Waals surface area contributed by atoms with Crippen molar-refractivity contribution in [3.8, 4) is 5.75 Å². The standard InChI is InChI=1S/C10H11IO/c1-7-4-8(6-11)5-9-2-3-12-10(7)9/h4-5H,2-3,6H2,1H3. The summed E-state index contributed by atoms with van der Waals surface area (Å²) in [7, 11) is 0. The minimum Gasteiger partial charge on any atom is -0.493 e. The quantitative estimate of drug-likeness (QED) is 0.565. The Bertz CT molecular complexity index is 307. The second-order valence-electron chi connectivity index (χ2n) is 3.13. The van der Waals surface area contributed by atoms with Crippen molar-refractivity contribution in [1.29, 1.82) is 0 Å². The number of aryl methyl sites for hydroxylation is 1. The molecule has 2 rings (SSSR count). The van der Waals surface area contributed by atoms with Crippen LogP contribution in [0.3, 0.4) is 0 Å². The van der Waals surface area contributed by atoms with Crippen molar-refractivity contribution in [2.45, 2.75) is 17.8 Å². The van der Waals surface area contributed by atoms with E-state index in [4.69, 9.17) is 4.74 Å². The predicted octanol–water partition coefficient (Wildman–Crippen LogP) is 2.86. The number of hydrogen-bond acceptors (Lipinski definition) is 1. The summed E-state index contributed by atoms with van der Waals surface area (Å²) < 4.78 is 6.62.